The Morgan fingerprint density at radius 3 is 2.24 bits per heavy atom. The van der Waals surface area contributed by atoms with Gasteiger partial charge < -0.3 is 26.2 Å². The summed E-state index contributed by atoms with van der Waals surface area (Å²) in [5.74, 6) is -3.22. The first-order chi connectivity index (χ1) is 15.6. The highest BCUT2D eigenvalue weighted by Gasteiger charge is 2.45. The van der Waals surface area contributed by atoms with Crippen molar-refractivity contribution >= 4 is 44.4 Å². The van der Waals surface area contributed by atoms with Crippen LogP contribution in [0.2, 0.25) is 0 Å². The van der Waals surface area contributed by atoms with E-state index >= 15 is 0 Å². The number of carboxylic acids is 1. The largest absolute Gasteiger partial charge is 0.479 e. The van der Waals surface area contributed by atoms with Gasteiger partial charge in [-0.05, 0) is 39.3 Å². The molecule has 0 saturated heterocycles. The van der Waals surface area contributed by atoms with E-state index < -0.39 is 45.5 Å². The number of carboxylic acid groups (broad SMARTS) is 1. The number of rotatable bonds is 10. The quantitative estimate of drug-likeness (QED) is 0.140. The molecule has 0 radical (unpaired) electrons. The molecule has 0 heterocycles. The van der Waals surface area contributed by atoms with E-state index in [1.165, 1.54) is 12.1 Å². The van der Waals surface area contributed by atoms with E-state index in [1.807, 2.05) is 0 Å². The number of nitrogens with one attached hydrogen (secondary N) is 2. The van der Waals surface area contributed by atoms with E-state index in [-0.39, 0.29) is 24.4 Å². The maximum Gasteiger partial charge on any atom is 0.338 e. The van der Waals surface area contributed by atoms with Crippen molar-refractivity contribution in [1.29, 1.82) is 0 Å². The summed E-state index contributed by atoms with van der Waals surface area (Å²) < 4.78 is 37.7. The van der Waals surface area contributed by atoms with Crippen molar-refractivity contribution in [3.63, 3.8) is 0 Å². The van der Waals surface area contributed by atoms with E-state index in [4.69, 9.17) is 10.5 Å². The summed E-state index contributed by atoms with van der Waals surface area (Å²) in [5.41, 5.74) is 3.04. The molecule has 0 aliphatic heterocycles. The van der Waals surface area contributed by atoms with Crippen molar-refractivity contribution in [3.05, 3.63) is 36.4 Å². The molecule has 2 rings (SSSR count). The maximum absolute atomic E-state index is 12.2. The number of fused-ring (bicyclic) bond motifs is 1. The number of nitrogens with two attached hydrogens (primary N) is 1. The fourth-order valence-corrected chi connectivity index (χ4v) is 3.83. The zero-order valence-corrected chi connectivity index (χ0v) is 19.9. The molecule has 0 aromatic heterocycles. The lowest BCUT2D eigenvalue weighted by molar-refractivity contribution is -0.169. The monoisotopic (exact) mass is 495 g/mol. The van der Waals surface area contributed by atoms with Gasteiger partial charge in [0.1, 0.15) is 10.5 Å². The van der Waals surface area contributed by atoms with Gasteiger partial charge >= 0.3 is 11.9 Å². The third-order valence-electron chi connectivity index (χ3n) is 4.81. The van der Waals surface area contributed by atoms with Gasteiger partial charge in [0, 0.05) is 36.0 Å². The first kappa shape index (κ1) is 27.0. The van der Waals surface area contributed by atoms with Gasteiger partial charge in [-0.25, -0.2) is 9.59 Å². The summed E-state index contributed by atoms with van der Waals surface area (Å²) in [6.45, 7) is 5.15. The summed E-state index contributed by atoms with van der Waals surface area (Å²) in [6.07, 6.45) is -0.758. The van der Waals surface area contributed by atoms with Gasteiger partial charge in [-0.3, -0.25) is 9.35 Å². The van der Waals surface area contributed by atoms with Gasteiger partial charge in [0.05, 0.1) is 0 Å². The number of anilines is 1. The van der Waals surface area contributed by atoms with E-state index in [0.717, 1.165) is 0 Å². The van der Waals surface area contributed by atoms with Crippen LogP contribution in [-0.4, -0.2) is 60.2 Å². The van der Waals surface area contributed by atoms with E-state index in [2.05, 4.69) is 10.6 Å². The molecule has 0 aliphatic carbocycles. The third-order valence-corrected chi connectivity index (χ3v) is 5.73. The Morgan fingerprint density at radius 1 is 1.03 bits per heavy atom. The van der Waals surface area contributed by atoms with Crippen molar-refractivity contribution in [2.24, 2.45) is 5.73 Å². The number of benzene rings is 2. The van der Waals surface area contributed by atoms with Gasteiger partial charge in [-0.15, -0.1) is 0 Å². The smallest absolute Gasteiger partial charge is 0.338 e. The molecular weight excluding hydrogens is 466 g/mol. The summed E-state index contributed by atoms with van der Waals surface area (Å²) in [7, 11) is -4.39. The van der Waals surface area contributed by atoms with Crippen molar-refractivity contribution in [1.82, 2.24) is 5.32 Å². The van der Waals surface area contributed by atoms with Crippen molar-refractivity contribution in [2.45, 2.75) is 49.6 Å². The number of aliphatic carboxylic acids is 1. The molecule has 6 N–H and O–H groups in total. The van der Waals surface area contributed by atoms with Gasteiger partial charge in [0.25, 0.3) is 10.1 Å². The Labute approximate surface area is 197 Å². The van der Waals surface area contributed by atoms with Gasteiger partial charge in [-0.1, -0.05) is 24.3 Å². The van der Waals surface area contributed by atoms with Gasteiger partial charge in [0.15, 0.2) is 0 Å². The molecule has 0 spiro atoms. The van der Waals surface area contributed by atoms with Crippen LogP contribution in [0.4, 0.5) is 5.69 Å². The molecule has 0 saturated carbocycles. The molecule has 186 valence electrons. The topological polar surface area (TPSA) is 185 Å². The summed E-state index contributed by atoms with van der Waals surface area (Å²) in [5, 5.41) is 16.0. The molecule has 1 atom stereocenters. The molecule has 0 unspecified atom stereocenters. The Morgan fingerprint density at radius 2 is 1.65 bits per heavy atom. The van der Waals surface area contributed by atoms with Crippen LogP contribution in [0.25, 0.3) is 10.8 Å². The highest BCUT2D eigenvalue weighted by Crippen LogP contribution is 2.28. The number of carbonyl (C=O) groups is 3. The van der Waals surface area contributed by atoms with Crippen LogP contribution in [0.3, 0.4) is 0 Å². The Kier molecular flexibility index (Phi) is 8.24. The minimum atomic E-state index is -4.39. The van der Waals surface area contributed by atoms with Crippen LogP contribution >= 0.6 is 0 Å². The number of carbonyl (C=O) groups excluding carboxylic acids is 2. The predicted molar refractivity (Wildman–Crippen MR) is 125 cm³/mol. The van der Waals surface area contributed by atoms with Crippen LogP contribution in [0, 0.1) is 0 Å². The number of esters is 1. The zero-order valence-electron chi connectivity index (χ0n) is 19.1. The minimum absolute atomic E-state index is 0.157. The molecule has 2 aromatic rings. The molecule has 1 amide bonds. The normalized spacial score (nSPS) is 13.7. The van der Waals surface area contributed by atoms with Gasteiger partial charge in [0.2, 0.25) is 11.4 Å². The predicted octanol–water partition coefficient (Wildman–Crippen LogP) is 1.52. The average molecular weight is 496 g/mol. The van der Waals surface area contributed by atoms with Gasteiger partial charge in [-0.2, -0.15) is 8.42 Å². The lowest BCUT2D eigenvalue weighted by Crippen LogP contribution is -2.57. The Balaban J connectivity index is 1.94. The van der Waals surface area contributed by atoms with E-state index in [0.29, 0.717) is 16.5 Å². The second kappa shape index (κ2) is 10.4. The highest BCUT2D eigenvalue weighted by molar-refractivity contribution is 7.86. The second-order valence-corrected chi connectivity index (χ2v) is 10.1. The van der Waals surface area contributed by atoms with Crippen molar-refractivity contribution in [2.75, 3.05) is 18.4 Å². The van der Waals surface area contributed by atoms with Crippen molar-refractivity contribution < 1.29 is 37.2 Å². The van der Waals surface area contributed by atoms with E-state index in [9.17, 15) is 32.5 Å². The Bertz CT molecular complexity index is 1190. The summed E-state index contributed by atoms with van der Waals surface area (Å²) >= 11 is 0. The number of ether oxygens (including phenoxy) is 1. The number of hydrogen-bond acceptors (Lipinski definition) is 8. The zero-order chi connectivity index (χ0) is 25.7. The highest BCUT2D eigenvalue weighted by atomic mass is 32.2. The minimum Gasteiger partial charge on any atom is -0.479 e. The van der Waals surface area contributed by atoms with Crippen LogP contribution < -0.4 is 16.4 Å². The van der Waals surface area contributed by atoms with Crippen molar-refractivity contribution in [3.8, 4) is 0 Å². The molecule has 34 heavy (non-hydrogen) atoms. The maximum atomic E-state index is 12.2. The molecule has 2 aromatic carbocycles. The van der Waals surface area contributed by atoms with Crippen LogP contribution in [0.5, 0.6) is 0 Å². The fourth-order valence-electron chi connectivity index (χ4n) is 3.12. The number of hydrogen-bond donors (Lipinski definition) is 5. The molecule has 12 heteroatoms. The molecule has 0 aliphatic rings. The molecular formula is C22H29N3O8S. The first-order valence-electron chi connectivity index (χ1n) is 10.4. The SMILES string of the molecule is CC(C)(C)OC(=O)[C@](N)(CCC(=O)NCCNc1cccc2c(S(=O)(=O)O)cccc12)C(=O)O. The molecule has 11 nitrogen and oxygen atoms in total. The van der Waals surface area contributed by atoms with Crippen LogP contribution in [-0.2, 0) is 29.2 Å². The van der Waals surface area contributed by atoms with Crippen LogP contribution in [0.15, 0.2) is 41.3 Å². The first-order valence-corrected chi connectivity index (χ1v) is 11.8. The molecule has 0 fully saturated rings. The fraction of sp³-hybridized carbons (Fsp3) is 0.409. The Hall–Kier alpha value is -3.22. The number of amides is 1. The second-order valence-electron chi connectivity index (χ2n) is 8.69. The molecule has 0 bridgehead atoms. The standard InChI is InChI=1S/C22H29N3O8S/c1-21(2,3)33-20(29)22(23,19(27)28)11-10-18(26)25-13-12-24-16-8-4-7-15-14(16)6-5-9-17(15)34(30,31)32/h4-9,24H,10-13,23H2,1-3H3,(H,25,26)(H,27,28)(H,30,31,32)/t22-/m0/s1. The average Bonchev–Trinajstić information content (AvgIpc) is 2.72. The van der Waals surface area contributed by atoms with E-state index in [1.54, 1.807) is 45.0 Å². The van der Waals surface area contributed by atoms with Crippen LogP contribution in [0.1, 0.15) is 33.6 Å². The lowest BCUT2D eigenvalue weighted by atomic mass is 9.94. The lowest BCUT2D eigenvalue weighted by Gasteiger charge is -2.28. The third kappa shape index (κ3) is 6.89. The summed E-state index contributed by atoms with van der Waals surface area (Å²) in [4.78, 5) is 35.7. The summed E-state index contributed by atoms with van der Waals surface area (Å²) in [6, 6.07) is 9.40.